The molecular weight excluding hydrogens is 330 g/mol. The molecule has 132 valence electrons. The van der Waals surface area contributed by atoms with Gasteiger partial charge in [0.1, 0.15) is 11.5 Å². The maximum atomic E-state index is 12.3. The van der Waals surface area contributed by atoms with E-state index in [4.69, 9.17) is 9.47 Å². The Hall–Kier alpha value is -3.41. The van der Waals surface area contributed by atoms with E-state index in [9.17, 15) is 4.79 Å². The molecule has 6 heteroatoms. The van der Waals surface area contributed by atoms with Crippen molar-refractivity contribution in [2.75, 3.05) is 14.2 Å². The van der Waals surface area contributed by atoms with E-state index in [1.54, 1.807) is 55.6 Å². The van der Waals surface area contributed by atoms with Crippen molar-refractivity contribution in [2.45, 2.75) is 6.42 Å². The van der Waals surface area contributed by atoms with E-state index in [0.29, 0.717) is 16.9 Å². The van der Waals surface area contributed by atoms with Crippen LogP contribution in [-0.2, 0) is 11.2 Å². The van der Waals surface area contributed by atoms with Gasteiger partial charge in [0.15, 0.2) is 0 Å². The van der Waals surface area contributed by atoms with Gasteiger partial charge in [-0.05, 0) is 36.4 Å². The molecule has 0 fully saturated rings. The summed E-state index contributed by atoms with van der Waals surface area (Å²) in [6.07, 6.45) is 3.45. The molecule has 0 spiro atoms. The number of rotatable bonds is 5. The molecule has 0 radical (unpaired) electrons. The number of hydrogen-bond acceptors (Lipinski definition) is 4. The molecule has 0 aliphatic rings. The normalized spacial score (nSPS) is 11.2. The van der Waals surface area contributed by atoms with Gasteiger partial charge in [0.05, 0.1) is 37.9 Å². The van der Waals surface area contributed by atoms with Gasteiger partial charge in [-0.1, -0.05) is 18.2 Å². The van der Waals surface area contributed by atoms with Gasteiger partial charge in [-0.3, -0.25) is 4.79 Å². The fourth-order valence-corrected chi connectivity index (χ4v) is 2.52. The van der Waals surface area contributed by atoms with Crippen LogP contribution in [0.5, 0.6) is 11.5 Å². The number of benzene rings is 2. The van der Waals surface area contributed by atoms with E-state index in [-0.39, 0.29) is 12.3 Å². The molecule has 0 saturated carbocycles. The van der Waals surface area contributed by atoms with Crippen molar-refractivity contribution in [3.8, 4) is 17.2 Å². The zero-order valence-electron chi connectivity index (χ0n) is 14.6. The van der Waals surface area contributed by atoms with Gasteiger partial charge in [0.2, 0.25) is 0 Å². The monoisotopic (exact) mass is 349 g/mol. The number of carbonyl (C=O) groups is 1. The first-order chi connectivity index (χ1) is 12.7. The first-order valence-corrected chi connectivity index (χ1v) is 8.08. The van der Waals surface area contributed by atoms with Crippen molar-refractivity contribution >= 4 is 5.91 Å². The van der Waals surface area contributed by atoms with Gasteiger partial charge in [-0.2, -0.15) is 5.10 Å². The molecule has 2 aromatic carbocycles. The molecule has 6 nitrogen and oxygen atoms in total. The van der Waals surface area contributed by atoms with Crippen LogP contribution < -0.4 is 14.8 Å². The number of hydrogen-bond donors (Lipinski definition) is 0. The molecule has 1 aromatic heterocycles. The summed E-state index contributed by atoms with van der Waals surface area (Å²) >= 11 is 0. The van der Waals surface area contributed by atoms with Gasteiger partial charge < -0.3 is 9.47 Å². The first-order valence-electron chi connectivity index (χ1n) is 8.08. The van der Waals surface area contributed by atoms with E-state index in [0.717, 1.165) is 11.3 Å². The molecule has 1 amide bonds. The Morgan fingerprint density at radius 2 is 1.88 bits per heavy atom. The highest BCUT2D eigenvalue weighted by Crippen LogP contribution is 2.24. The third-order valence-corrected chi connectivity index (χ3v) is 3.80. The molecule has 0 aliphatic heterocycles. The van der Waals surface area contributed by atoms with Crippen molar-refractivity contribution in [1.82, 2.24) is 9.78 Å². The molecule has 1 heterocycles. The second-order valence-corrected chi connectivity index (χ2v) is 5.53. The molecule has 0 unspecified atom stereocenters. The van der Waals surface area contributed by atoms with Crippen LogP contribution in [0.25, 0.3) is 5.69 Å². The average molecular weight is 349 g/mol. The Morgan fingerprint density at radius 1 is 1.08 bits per heavy atom. The van der Waals surface area contributed by atoms with Crippen LogP contribution >= 0.6 is 0 Å². The highest BCUT2D eigenvalue weighted by atomic mass is 16.5. The lowest BCUT2D eigenvalue weighted by Gasteiger charge is -2.08. The van der Waals surface area contributed by atoms with Crippen LogP contribution in [0.3, 0.4) is 0 Å². The van der Waals surface area contributed by atoms with E-state index in [2.05, 4.69) is 10.1 Å². The molecule has 3 aromatic rings. The van der Waals surface area contributed by atoms with Crippen LogP contribution in [0.15, 0.2) is 72.0 Å². The van der Waals surface area contributed by atoms with Crippen LogP contribution in [0, 0.1) is 0 Å². The van der Waals surface area contributed by atoms with Crippen molar-refractivity contribution in [1.29, 1.82) is 0 Å². The Kier molecular flexibility index (Phi) is 5.43. The second kappa shape index (κ2) is 8.11. The largest absolute Gasteiger partial charge is 0.497 e. The molecule has 0 bridgehead atoms. The maximum absolute atomic E-state index is 12.3. The van der Waals surface area contributed by atoms with E-state index in [1.165, 1.54) is 0 Å². The third kappa shape index (κ3) is 4.16. The quantitative estimate of drug-likeness (QED) is 0.710. The Labute approximate surface area is 151 Å². The van der Waals surface area contributed by atoms with Crippen molar-refractivity contribution in [2.24, 2.45) is 4.99 Å². The molecule has 0 aliphatic carbocycles. The average Bonchev–Trinajstić information content (AvgIpc) is 2.69. The summed E-state index contributed by atoms with van der Waals surface area (Å²) in [5, 5.41) is 4.80. The molecule has 3 rings (SSSR count). The number of nitrogens with zero attached hydrogens (tertiary/aromatic N) is 3. The standard InChI is InChI=1S/C20H19N3O3/c1-25-18-8-9-19(26-2)15(12-18)13-20(24)22-16-10-11-23(21-14-16)17-6-4-3-5-7-17/h3-12,14H,13H2,1-2H3. The van der Waals surface area contributed by atoms with E-state index < -0.39 is 0 Å². The summed E-state index contributed by atoms with van der Waals surface area (Å²) in [6, 6.07) is 16.8. The minimum absolute atomic E-state index is 0.119. The van der Waals surface area contributed by atoms with Gasteiger partial charge in [0.25, 0.3) is 5.91 Å². The SMILES string of the molecule is COc1ccc(OC)c(CC(=O)N=c2ccn(-c3ccccc3)nc2)c1. The van der Waals surface area contributed by atoms with Crippen molar-refractivity contribution in [3.63, 3.8) is 0 Å². The lowest BCUT2D eigenvalue weighted by Crippen LogP contribution is -2.12. The second-order valence-electron chi connectivity index (χ2n) is 5.53. The van der Waals surface area contributed by atoms with Gasteiger partial charge >= 0.3 is 0 Å². The van der Waals surface area contributed by atoms with Gasteiger partial charge in [0, 0.05) is 11.8 Å². The number of carbonyl (C=O) groups excluding carboxylic acids is 1. The Balaban J connectivity index is 1.79. The number of ether oxygens (including phenoxy) is 2. The lowest BCUT2D eigenvalue weighted by molar-refractivity contribution is -0.117. The predicted octanol–water partition coefficient (Wildman–Crippen LogP) is 2.56. The summed E-state index contributed by atoms with van der Waals surface area (Å²) in [4.78, 5) is 16.4. The molecular formula is C20H19N3O3. The Morgan fingerprint density at radius 3 is 2.54 bits per heavy atom. The van der Waals surface area contributed by atoms with Crippen LogP contribution in [0.1, 0.15) is 5.56 Å². The third-order valence-electron chi connectivity index (χ3n) is 3.80. The van der Waals surface area contributed by atoms with Gasteiger partial charge in [-0.15, -0.1) is 0 Å². The number of methoxy groups -OCH3 is 2. The van der Waals surface area contributed by atoms with Crippen LogP contribution in [-0.4, -0.2) is 29.9 Å². The molecule has 0 atom stereocenters. The van der Waals surface area contributed by atoms with E-state index >= 15 is 0 Å². The van der Waals surface area contributed by atoms with Gasteiger partial charge in [-0.25, -0.2) is 9.67 Å². The molecule has 0 saturated heterocycles. The summed E-state index contributed by atoms with van der Waals surface area (Å²) in [5.41, 5.74) is 1.66. The predicted molar refractivity (Wildman–Crippen MR) is 97.4 cm³/mol. The maximum Gasteiger partial charge on any atom is 0.250 e. The van der Waals surface area contributed by atoms with Crippen molar-refractivity contribution < 1.29 is 14.3 Å². The Bertz CT molecular complexity index is 945. The highest BCUT2D eigenvalue weighted by molar-refractivity contribution is 5.80. The summed E-state index contributed by atoms with van der Waals surface area (Å²) in [5.74, 6) is 1.01. The van der Waals surface area contributed by atoms with Crippen LogP contribution in [0.2, 0.25) is 0 Å². The number of aromatic nitrogens is 2. The fraction of sp³-hybridized carbons (Fsp3) is 0.150. The highest BCUT2D eigenvalue weighted by Gasteiger charge is 2.09. The fourth-order valence-electron chi connectivity index (χ4n) is 2.52. The number of para-hydroxylation sites is 1. The minimum atomic E-state index is -0.282. The summed E-state index contributed by atoms with van der Waals surface area (Å²) in [7, 11) is 3.14. The number of amides is 1. The van der Waals surface area contributed by atoms with E-state index in [1.807, 2.05) is 30.3 Å². The minimum Gasteiger partial charge on any atom is -0.497 e. The molecule has 0 N–H and O–H groups in total. The smallest absolute Gasteiger partial charge is 0.250 e. The van der Waals surface area contributed by atoms with Crippen LogP contribution in [0.4, 0.5) is 0 Å². The zero-order valence-corrected chi connectivity index (χ0v) is 14.6. The first kappa shape index (κ1) is 17.4. The zero-order chi connectivity index (χ0) is 18.4. The summed E-state index contributed by atoms with van der Waals surface area (Å²) in [6.45, 7) is 0. The van der Waals surface area contributed by atoms with Crippen molar-refractivity contribution in [3.05, 3.63) is 77.9 Å². The lowest BCUT2D eigenvalue weighted by atomic mass is 10.1. The topological polar surface area (TPSA) is 65.7 Å². The molecule has 26 heavy (non-hydrogen) atoms. The summed E-state index contributed by atoms with van der Waals surface area (Å²) < 4.78 is 12.2.